The lowest BCUT2D eigenvalue weighted by Crippen LogP contribution is -2.40. The van der Waals surface area contributed by atoms with Gasteiger partial charge in [-0.05, 0) is 80.7 Å². The zero-order valence-electron chi connectivity index (χ0n) is 19.9. The summed E-state index contributed by atoms with van der Waals surface area (Å²) in [5.74, 6) is 0. The maximum Gasteiger partial charge on any atom is 0.170 e. The molecule has 2 atom stereocenters. The summed E-state index contributed by atoms with van der Waals surface area (Å²) in [5.41, 5.74) is 7.63. The summed E-state index contributed by atoms with van der Waals surface area (Å²) < 4.78 is 2.43. The summed E-state index contributed by atoms with van der Waals surface area (Å²) in [6.45, 7) is 6.73. The summed E-state index contributed by atoms with van der Waals surface area (Å²) in [6.07, 6.45) is 9.24. The van der Waals surface area contributed by atoms with Crippen LogP contribution in [0.2, 0.25) is 0 Å². The van der Waals surface area contributed by atoms with E-state index < -0.39 is 0 Å². The summed E-state index contributed by atoms with van der Waals surface area (Å²) in [4.78, 5) is 7.26. The second-order valence-electron chi connectivity index (χ2n) is 9.47. The Balaban J connectivity index is 1.64. The Morgan fingerprint density at radius 2 is 1.79 bits per heavy atom. The fraction of sp³-hybridized carbons (Fsp3) is 0.429. The van der Waals surface area contributed by atoms with Gasteiger partial charge < -0.3 is 14.8 Å². The van der Waals surface area contributed by atoms with Gasteiger partial charge in [0.2, 0.25) is 0 Å². The first kappa shape index (κ1) is 22.1. The molecule has 5 rings (SSSR count). The van der Waals surface area contributed by atoms with Crippen LogP contribution in [0.25, 0.3) is 5.69 Å². The van der Waals surface area contributed by atoms with Gasteiger partial charge in [0, 0.05) is 29.3 Å². The van der Waals surface area contributed by atoms with Crippen LogP contribution < -0.4 is 5.32 Å². The fourth-order valence-corrected chi connectivity index (χ4v) is 6.33. The molecule has 0 radical (unpaired) electrons. The Bertz CT molecular complexity index is 1130. The Morgan fingerprint density at radius 3 is 2.52 bits per heavy atom. The van der Waals surface area contributed by atoms with Crippen LogP contribution in [0.4, 0.5) is 0 Å². The van der Waals surface area contributed by atoms with E-state index in [0.717, 1.165) is 17.2 Å². The Morgan fingerprint density at radius 1 is 1.03 bits per heavy atom. The van der Waals surface area contributed by atoms with Crippen molar-refractivity contribution in [1.29, 1.82) is 0 Å². The van der Waals surface area contributed by atoms with Gasteiger partial charge in [0.05, 0.1) is 17.8 Å². The quantitative estimate of drug-likeness (QED) is 0.451. The van der Waals surface area contributed by atoms with Gasteiger partial charge in [-0.3, -0.25) is 4.98 Å². The van der Waals surface area contributed by atoms with Crippen LogP contribution in [-0.4, -0.2) is 25.6 Å². The minimum atomic E-state index is 0.0518. The summed E-state index contributed by atoms with van der Waals surface area (Å²) in [5, 5.41) is 4.55. The number of thiocarbonyl (C=S) groups is 1. The minimum absolute atomic E-state index is 0.0518. The number of benzene rings is 1. The molecule has 3 aromatic rings. The molecule has 3 heterocycles. The van der Waals surface area contributed by atoms with Gasteiger partial charge in [-0.2, -0.15) is 0 Å². The van der Waals surface area contributed by atoms with Crippen LogP contribution in [0.3, 0.4) is 0 Å². The van der Waals surface area contributed by atoms with Crippen LogP contribution >= 0.6 is 12.2 Å². The highest BCUT2D eigenvalue weighted by atomic mass is 32.1. The number of nitrogens with one attached hydrogen (secondary N) is 1. The molecular formula is C28H34N4S. The zero-order valence-corrected chi connectivity index (χ0v) is 20.7. The third-order valence-corrected chi connectivity index (χ3v) is 7.83. The van der Waals surface area contributed by atoms with Crippen LogP contribution in [0, 0.1) is 13.8 Å². The van der Waals surface area contributed by atoms with Crippen LogP contribution in [0.15, 0.2) is 54.7 Å². The SMILES string of the molecule is CCc1ccccc1-n1c(C)cc([C@@H]2[C@H](c3ccccn3)NC(=S)N2C2CCCCC2)c1C. The first-order valence-corrected chi connectivity index (χ1v) is 12.8. The monoisotopic (exact) mass is 458 g/mol. The molecule has 1 aliphatic carbocycles. The van der Waals surface area contributed by atoms with Crippen molar-refractivity contribution in [2.45, 2.75) is 77.4 Å². The Hall–Kier alpha value is -2.66. The number of para-hydroxylation sites is 1. The van der Waals surface area contributed by atoms with Crippen molar-refractivity contribution in [2.24, 2.45) is 0 Å². The molecule has 172 valence electrons. The van der Waals surface area contributed by atoms with E-state index >= 15 is 0 Å². The van der Waals surface area contributed by atoms with E-state index in [1.54, 1.807) is 0 Å². The van der Waals surface area contributed by atoms with E-state index in [2.05, 4.69) is 78.0 Å². The van der Waals surface area contributed by atoms with Crippen LogP contribution in [0.5, 0.6) is 0 Å². The molecule has 0 unspecified atom stereocenters. The molecule has 2 aliphatic rings. The lowest BCUT2D eigenvalue weighted by Gasteiger charge is -2.37. The number of aromatic nitrogens is 2. The van der Waals surface area contributed by atoms with Gasteiger partial charge >= 0.3 is 0 Å². The van der Waals surface area contributed by atoms with E-state index in [4.69, 9.17) is 17.2 Å². The van der Waals surface area contributed by atoms with Gasteiger partial charge in [0.1, 0.15) is 0 Å². The van der Waals surface area contributed by atoms with Gasteiger partial charge in [0.25, 0.3) is 0 Å². The summed E-state index contributed by atoms with van der Waals surface area (Å²) in [7, 11) is 0. The number of hydrogen-bond donors (Lipinski definition) is 1. The second kappa shape index (κ2) is 9.30. The van der Waals surface area contributed by atoms with Crippen molar-refractivity contribution in [3.8, 4) is 5.69 Å². The van der Waals surface area contributed by atoms with Gasteiger partial charge in [-0.1, -0.05) is 50.5 Å². The molecule has 1 N–H and O–H groups in total. The van der Waals surface area contributed by atoms with Gasteiger partial charge in [0.15, 0.2) is 5.11 Å². The standard InChI is InChI=1S/C28H34N4S/c1-4-21-12-8-9-16-25(21)31-19(2)18-23(20(31)3)27-26(24-15-10-11-17-29-24)30-28(33)32(27)22-13-6-5-7-14-22/h8-12,15-18,22,26-27H,4-7,13-14H2,1-3H3,(H,30,33)/t26-,27+/m0/s1. The van der Waals surface area contributed by atoms with E-state index in [-0.39, 0.29) is 12.1 Å². The van der Waals surface area contributed by atoms with Crippen molar-refractivity contribution in [3.63, 3.8) is 0 Å². The highest BCUT2D eigenvalue weighted by molar-refractivity contribution is 7.80. The molecule has 1 aromatic carbocycles. The molecule has 2 aromatic heterocycles. The largest absolute Gasteiger partial charge is 0.352 e. The normalized spacial score (nSPS) is 21.4. The molecule has 1 aliphatic heterocycles. The molecule has 0 spiro atoms. The summed E-state index contributed by atoms with van der Waals surface area (Å²) >= 11 is 5.97. The molecule has 5 heteroatoms. The first-order chi connectivity index (χ1) is 16.1. The number of aryl methyl sites for hydroxylation is 2. The lowest BCUT2D eigenvalue weighted by atomic mass is 9.90. The van der Waals surface area contributed by atoms with Crippen LogP contribution in [-0.2, 0) is 6.42 Å². The predicted molar refractivity (Wildman–Crippen MR) is 139 cm³/mol. The smallest absolute Gasteiger partial charge is 0.170 e. The van der Waals surface area contributed by atoms with Crippen molar-refractivity contribution in [3.05, 3.63) is 82.9 Å². The zero-order chi connectivity index (χ0) is 22.9. The van der Waals surface area contributed by atoms with E-state index in [9.17, 15) is 0 Å². The number of rotatable bonds is 5. The molecule has 33 heavy (non-hydrogen) atoms. The lowest BCUT2D eigenvalue weighted by molar-refractivity contribution is 0.197. The third-order valence-electron chi connectivity index (χ3n) is 7.51. The average Bonchev–Trinajstić information content (AvgIpc) is 3.35. The van der Waals surface area contributed by atoms with E-state index in [0.29, 0.717) is 6.04 Å². The maximum atomic E-state index is 5.97. The summed E-state index contributed by atoms with van der Waals surface area (Å²) in [6, 6.07) is 18.0. The topological polar surface area (TPSA) is 33.1 Å². The van der Waals surface area contributed by atoms with Crippen molar-refractivity contribution >= 4 is 17.3 Å². The molecule has 0 amide bonds. The van der Waals surface area contributed by atoms with Crippen molar-refractivity contribution in [1.82, 2.24) is 19.8 Å². The second-order valence-corrected chi connectivity index (χ2v) is 9.86. The average molecular weight is 459 g/mol. The highest BCUT2D eigenvalue weighted by Crippen LogP contribution is 2.44. The minimum Gasteiger partial charge on any atom is -0.352 e. The Labute approximate surface area is 203 Å². The third kappa shape index (κ3) is 3.97. The van der Waals surface area contributed by atoms with Crippen molar-refractivity contribution in [2.75, 3.05) is 0 Å². The van der Waals surface area contributed by atoms with Crippen molar-refractivity contribution < 1.29 is 0 Å². The van der Waals surface area contributed by atoms with Gasteiger partial charge in [-0.25, -0.2) is 0 Å². The van der Waals surface area contributed by atoms with Crippen LogP contribution in [0.1, 0.15) is 79.3 Å². The molecule has 0 bridgehead atoms. The molecule has 2 fully saturated rings. The highest BCUT2D eigenvalue weighted by Gasteiger charge is 2.44. The molecule has 1 saturated carbocycles. The molecular weight excluding hydrogens is 424 g/mol. The fourth-order valence-electron chi connectivity index (χ4n) is 5.94. The Kier molecular flexibility index (Phi) is 6.24. The van der Waals surface area contributed by atoms with E-state index in [1.807, 2.05) is 12.3 Å². The predicted octanol–water partition coefficient (Wildman–Crippen LogP) is 6.36. The maximum absolute atomic E-state index is 5.97. The van der Waals surface area contributed by atoms with E-state index in [1.165, 1.54) is 60.3 Å². The van der Waals surface area contributed by atoms with Gasteiger partial charge in [-0.15, -0.1) is 0 Å². The first-order valence-electron chi connectivity index (χ1n) is 12.4. The molecule has 4 nitrogen and oxygen atoms in total. The molecule has 1 saturated heterocycles. The number of hydrogen-bond acceptors (Lipinski definition) is 2. The number of pyridine rings is 1. The number of nitrogens with zero attached hydrogens (tertiary/aromatic N) is 3.